The molecule has 0 aromatic carbocycles. The predicted molar refractivity (Wildman–Crippen MR) is 69.4 cm³/mol. The van der Waals surface area contributed by atoms with Gasteiger partial charge in [-0.1, -0.05) is 33.6 Å². The van der Waals surface area contributed by atoms with Gasteiger partial charge in [0.15, 0.2) is 0 Å². The molecular formula is C13H30N2. The molecule has 2 nitrogen and oxygen atoms in total. The molecule has 0 aromatic rings. The van der Waals surface area contributed by atoms with E-state index in [1.807, 2.05) is 7.05 Å². The lowest BCUT2D eigenvalue weighted by atomic mass is 10.0. The summed E-state index contributed by atoms with van der Waals surface area (Å²) in [6.45, 7) is 7.96. The molecule has 15 heavy (non-hydrogen) atoms. The third kappa shape index (κ3) is 7.80. The van der Waals surface area contributed by atoms with E-state index in [1.165, 1.54) is 38.5 Å². The van der Waals surface area contributed by atoms with Crippen LogP contribution in [0.3, 0.4) is 0 Å². The van der Waals surface area contributed by atoms with Gasteiger partial charge in [0.2, 0.25) is 0 Å². The lowest BCUT2D eigenvalue weighted by Crippen LogP contribution is -2.39. The van der Waals surface area contributed by atoms with E-state index in [4.69, 9.17) is 0 Å². The Balaban J connectivity index is 3.77. The molecule has 2 atom stereocenters. The molecule has 0 spiro atoms. The van der Waals surface area contributed by atoms with E-state index in [-0.39, 0.29) is 0 Å². The summed E-state index contributed by atoms with van der Waals surface area (Å²) in [5.74, 6) is 0. The van der Waals surface area contributed by atoms with Gasteiger partial charge in [-0.2, -0.15) is 0 Å². The quantitative estimate of drug-likeness (QED) is 0.584. The summed E-state index contributed by atoms with van der Waals surface area (Å²) in [7, 11) is 2.03. The first-order valence-corrected chi connectivity index (χ1v) is 6.69. The molecular weight excluding hydrogens is 184 g/mol. The summed E-state index contributed by atoms with van der Waals surface area (Å²) in [5.41, 5.74) is 0. The first kappa shape index (κ1) is 14.9. The highest BCUT2D eigenvalue weighted by atomic mass is 15.0. The van der Waals surface area contributed by atoms with Gasteiger partial charge >= 0.3 is 0 Å². The van der Waals surface area contributed by atoms with Crippen LogP contribution >= 0.6 is 0 Å². The third-order valence-corrected chi connectivity index (χ3v) is 3.11. The van der Waals surface area contributed by atoms with Crippen LogP contribution < -0.4 is 10.6 Å². The van der Waals surface area contributed by atoms with Crippen molar-refractivity contribution in [2.24, 2.45) is 0 Å². The molecule has 0 fully saturated rings. The Morgan fingerprint density at radius 3 is 2.00 bits per heavy atom. The van der Waals surface area contributed by atoms with Gasteiger partial charge in [0.25, 0.3) is 0 Å². The van der Waals surface area contributed by atoms with Crippen LogP contribution in [0.4, 0.5) is 0 Å². The van der Waals surface area contributed by atoms with Crippen LogP contribution in [0, 0.1) is 0 Å². The van der Waals surface area contributed by atoms with Gasteiger partial charge in [-0.05, 0) is 39.3 Å². The predicted octanol–water partition coefficient (Wildman–Crippen LogP) is 2.93. The van der Waals surface area contributed by atoms with Gasteiger partial charge < -0.3 is 10.6 Å². The minimum absolute atomic E-state index is 0.694. The Labute approximate surface area is 96.2 Å². The van der Waals surface area contributed by atoms with Crippen LogP contribution in [0.2, 0.25) is 0 Å². The summed E-state index contributed by atoms with van der Waals surface area (Å²) < 4.78 is 0. The molecule has 0 saturated carbocycles. The van der Waals surface area contributed by atoms with E-state index in [2.05, 4.69) is 31.4 Å². The van der Waals surface area contributed by atoms with E-state index in [0.717, 1.165) is 12.6 Å². The van der Waals surface area contributed by atoms with E-state index >= 15 is 0 Å². The van der Waals surface area contributed by atoms with Gasteiger partial charge in [0.1, 0.15) is 0 Å². The highest BCUT2D eigenvalue weighted by Gasteiger charge is 2.11. The average Bonchev–Trinajstić information content (AvgIpc) is 2.28. The molecule has 2 N–H and O–H groups in total. The third-order valence-electron chi connectivity index (χ3n) is 3.11. The van der Waals surface area contributed by atoms with Crippen LogP contribution in [0.1, 0.15) is 59.3 Å². The molecule has 0 bridgehead atoms. The van der Waals surface area contributed by atoms with Crippen molar-refractivity contribution >= 4 is 0 Å². The second-order valence-corrected chi connectivity index (χ2v) is 4.41. The topological polar surface area (TPSA) is 24.1 Å². The Hall–Kier alpha value is -0.0800. The van der Waals surface area contributed by atoms with Gasteiger partial charge in [-0.15, -0.1) is 0 Å². The number of unbranched alkanes of at least 4 members (excludes halogenated alkanes) is 1. The summed E-state index contributed by atoms with van der Waals surface area (Å²) in [6, 6.07) is 1.42. The molecule has 0 aliphatic carbocycles. The Morgan fingerprint density at radius 1 is 0.933 bits per heavy atom. The summed E-state index contributed by atoms with van der Waals surface area (Å²) in [6.07, 6.45) is 7.75. The number of rotatable bonds is 10. The standard InChI is InChI=1S/C13H30N2/c1-5-8-9-12(6-2)15-13(7-3)10-11-14-4/h12-15H,5-11H2,1-4H3. The molecule has 2 unspecified atom stereocenters. The fraction of sp³-hybridized carbons (Fsp3) is 1.00. The molecule has 92 valence electrons. The van der Waals surface area contributed by atoms with Gasteiger partial charge in [0, 0.05) is 12.1 Å². The van der Waals surface area contributed by atoms with E-state index in [9.17, 15) is 0 Å². The van der Waals surface area contributed by atoms with Crippen LogP contribution in [0.15, 0.2) is 0 Å². The average molecular weight is 214 g/mol. The van der Waals surface area contributed by atoms with Crippen molar-refractivity contribution in [2.75, 3.05) is 13.6 Å². The minimum atomic E-state index is 0.694. The van der Waals surface area contributed by atoms with Gasteiger partial charge in [0.05, 0.1) is 0 Å². The number of nitrogens with one attached hydrogen (secondary N) is 2. The Kier molecular flexibility index (Phi) is 10.4. The highest BCUT2D eigenvalue weighted by Crippen LogP contribution is 2.07. The van der Waals surface area contributed by atoms with Crippen molar-refractivity contribution < 1.29 is 0 Å². The normalized spacial score (nSPS) is 15.2. The van der Waals surface area contributed by atoms with Crippen molar-refractivity contribution in [2.45, 2.75) is 71.4 Å². The molecule has 0 amide bonds. The molecule has 0 aromatic heterocycles. The van der Waals surface area contributed by atoms with Crippen LogP contribution in [-0.2, 0) is 0 Å². The lowest BCUT2D eigenvalue weighted by Gasteiger charge is -2.24. The highest BCUT2D eigenvalue weighted by molar-refractivity contribution is 4.73. The zero-order chi connectivity index (χ0) is 11.5. The van der Waals surface area contributed by atoms with Crippen molar-refractivity contribution in [3.63, 3.8) is 0 Å². The van der Waals surface area contributed by atoms with Gasteiger partial charge in [-0.25, -0.2) is 0 Å². The first-order valence-electron chi connectivity index (χ1n) is 6.69. The lowest BCUT2D eigenvalue weighted by molar-refractivity contribution is 0.366. The largest absolute Gasteiger partial charge is 0.320 e. The zero-order valence-corrected chi connectivity index (χ0v) is 11.1. The van der Waals surface area contributed by atoms with Crippen molar-refractivity contribution in [1.29, 1.82) is 0 Å². The van der Waals surface area contributed by atoms with E-state index in [0.29, 0.717) is 6.04 Å². The fourth-order valence-electron chi connectivity index (χ4n) is 1.91. The maximum atomic E-state index is 3.78. The smallest absolute Gasteiger partial charge is 0.00791 e. The van der Waals surface area contributed by atoms with Gasteiger partial charge in [-0.3, -0.25) is 0 Å². The summed E-state index contributed by atoms with van der Waals surface area (Å²) >= 11 is 0. The molecule has 2 heteroatoms. The Bertz CT molecular complexity index is 112. The van der Waals surface area contributed by atoms with Crippen LogP contribution in [0.5, 0.6) is 0 Å². The molecule has 0 rings (SSSR count). The molecule has 0 heterocycles. The maximum Gasteiger partial charge on any atom is 0.00791 e. The molecule has 0 aliphatic rings. The molecule has 0 aliphatic heterocycles. The SMILES string of the molecule is CCCCC(CC)NC(CC)CCNC. The molecule has 0 saturated heterocycles. The monoisotopic (exact) mass is 214 g/mol. The van der Waals surface area contributed by atoms with Crippen molar-refractivity contribution in [3.05, 3.63) is 0 Å². The second kappa shape index (κ2) is 10.4. The zero-order valence-electron chi connectivity index (χ0n) is 11.1. The fourth-order valence-corrected chi connectivity index (χ4v) is 1.91. The van der Waals surface area contributed by atoms with E-state index < -0.39 is 0 Å². The number of hydrogen-bond donors (Lipinski definition) is 2. The van der Waals surface area contributed by atoms with Crippen LogP contribution in [0.25, 0.3) is 0 Å². The minimum Gasteiger partial charge on any atom is -0.320 e. The maximum absolute atomic E-state index is 3.78. The summed E-state index contributed by atoms with van der Waals surface area (Å²) in [5, 5.41) is 7.01. The van der Waals surface area contributed by atoms with Crippen LogP contribution in [-0.4, -0.2) is 25.7 Å². The second-order valence-electron chi connectivity index (χ2n) is 4.41. The van der Waals surface area contributed by atoms with Crippen molar-refractivity contribution in [1.82, 2.24) is 10.6 Å². The number of hydrogen-bond acceptors (Lipinski definition) is 2. The molecule has 0 radical (unpaired) electrons. The first-order chi connectivity index (χ1) is 7.28. The van der Waals surface area contributed by atoms with E-state index in [1.54, 1.807) is 0 Å². The van der Waals surface area contributed by atoms with Crippen molar-refractivity contribution in [3.8, 4) is 0 Å². The Morgan fingerprint density at radius 2 is 1.53 bits per heavy atom. The summed E-state index contributed by atoms with van der Waals surface area (Å²) in [4.78, 5) is 0.